The number of carbonyl (C=O) groups is 1. The van der Waals surface area contributed by atoms with E-state index in [1.54, 1.807) is 6.07 Å². The van der Waals surface area contributed by atoms with Gasteiger partial charge < -0.3 is 15.2 Å². The van der Waals surface area contributed by atoms with E-state index >= 15 is 0 Å². The Labute approximate surface area is 221 Å². The minimum Gasteiger partial charge on any atom is -0.493 e. The summed E-state index contributed by atoms with van der Waals surface area (Å²) in [6, 6.07) is 11.2. The Morgan fingerprint density at radius 3 is 2.61 bits per heavy atom. The number of benzene rings is 1. The van der Waals surface area contributed by atoms with Crippen molar-refractivity contribution in [1.82, 2.24) is 14.7 Å². The molecule has 1 aliphatic rings. The van der Waals surface area contributed by atoms with E-state index in [0.717, 1.165) is 19.3 Å². The largest absolute Gasteiger partial charge is 0.493 e. The number of nitrogens with zero attached hydrogens (tertiary/aromatic N) is 2. The van der Waals surface area contributed by atoms with E-state index in [-0.39, 0.29) is 23.2 Å². The Kier molecular flexibility index (Phi) is 8.45. The highest BCUT2D eigenvalue weighted by molar-refractivity contribution is 7.90. The maximum atomic E-state index is 14.4. The molecule has 1 fully saturated rings. The molecule has 3 N–H and O–H groups in total. The van der Waals surface area contributed by atoms with E-state index in [1.165, 1.54) is 48.9 Å². The quantitative estimate of drug-likeness (QED) is 0.359. The first-order valence-electron chi connectivity index (χ1n) is 12.5. The standard InChI is InChI=1S/C27H31FN4O5S/c1-17(2)16-37-21-14-19(13-20(28)15-21)23-10-9-22(27(30-23)36-12-11-18-5-3-6-18)26(33)32-38(34,35)25-8-4-7-24(29)31-25/h4,7-10,13-15,17-18H,3,5-6,11-12,16H2,1-2H3,(H2,29,31)(H,32,33). The van der Waals surface area contributed by atoms with Crippen molar-refractivity contribution in [1.29, 1.82) is 0 Å². The topological polar surface area (TPSA) is 134 Å². The summed E-state index contributed by atoms with van der Waals surface area (Å²) in [4.78, 5) is 21.3. The molecule has 3 aromatic rings. The highest BCUT2D eigenvalue weighted by Crippen LogP contribution is 2.31. The molecular weight excluding hydrogens is 511 g/mol. The van der Waals surface area contributed by atoms with Crippen molar-refractivity contribution in [2.45, 2.75) is 44.6 Å². The van der Waals surface area contributed by atoms with Gasteiger partial charge in [0.1, 0.15) is 22.9 Å². The first kappa shape index (κ1) is 27.3. The molecule has 11 heteroatoms. The Balaban J connectivity index is 1.62. The number of sulfonamides is 1. The van der Waals surface area contributed by atoms with Gasteiger partial charge in [0.15, 0.2) is 5.03 Å². The number of anilines is 1. The molecule has 1 amide bonds. The van der Waals surface area contributed by atoms with Gasteiger partial charge in [-0.3, -0.25) is 4.79 Å². The van der Waals surface area contributed by atoms with Gasteiger partial charge in [-0.2, -0.15) is 8.42 Å². The zero-order chi connectivity index (χ0) is 27.3. The summed E-state index contributed by atoms with van der Waals surface area (Å²) in [6.45, 7) is 4.70. The molecule has 0 bridgehead atoms. The van der Waals surface area contributed by atoms with Gasteiger partial charge in [-0.1, -0.05) is 39.2 Å². The van der Waals surface area contributed by atoms with Crippen molar-refractivity contribution in [2.24, 2.45) is 11.8 Å². The monoisotopic (exact) mass is 542 g/mol. The van der Waals surface area contributed by atoms with Crippen molar-refractivity contribution in [3.8, 4) is 22.9 Å². The lowest BCUT2D eigenvalue weighted by atomic mass is 9.83. The molecule has 0 radical (unpaired) electrons. The molecule has 2 aromatic heterocycles. The van der Waals surface area contributed by atoms with Crippen LogP contribution in [0.4, 0.5) is 10.2 Å². The average Bonchev–Trinajstić information content (AvgIpc) is 2.83. The summed E-state index contributed by atoms with van der Waals surface area (Å²) in [5.41, 5.74) is 6.28. The number of rotatable bonds is 11. The third kappa shape index (κ3) is 6.97. The number of aromatic nitrogens is 2. The van der Waals surface area contributed by atoms with E-state index in [0.29, 0.717) is 36.1 Å². The number of carbonyl (C=O) groups excluding carboxylic acids is 1. The Morgan fingerprint density at radius 1 is 1.13 bits per heavy atom. The summed E-state index contributed by atoms with van der Waals surface area (Å²) in [5, 5.41) is -0.392. The first-order chi connectivity index (χ1) is 18.1. The van der Waals surface area contributed by atoms with Crippen LogP contribution in [0.3, 0.4) is 0 Å². The number of hydrogen-bond donors (Lipinski definition) is 2. The van der Waals surface area contributed by atoms with Crippen molar-refractivity contribution < 1.29 is 27.1 Å². The van der Waals surface area contributed by atoms with Gasteiger partial charge in [-0.15, -0.1) is 0 Å². The second kappa shape index (κ2) is 11.8. The zero-order valence-electron chi connectivity index (χ0n) is 21.3. The van der Waals surface area contributed by atoms with Crippen LogP contribution in [-0.2, 0) is 10.0 Å². The van der Waals surface area contributed by atoms with Gasteiger partial charge in [-0.05, 0) is 54.7 Å². The van der Waals surface area contributed by atoms with Crippen LogP contribution in [-0.4, -0.2) is 37.5 Å². The van der Waals surface area contributed by atoms with Gasteiger partial charge in [-0.25, -0.2) is 19.1 Å². The number of nitrogens with two attached hydrogens (primary N) is 1. The van der Waals surface area contributed by atoms with E-state index < -0.39 is 26.8 Å². The number of ether oxygens (including phenoxy) is 2. The molecule has 202 valence electrons. The van der Waals surface area contributed by atoms with Crippen LogP contribution in [0.15, 0.2) is 53.6 Å². The molecule has 0 unspecified atom stereocenters. The predicted molar refractivity (Wildman–Crippen MR) is 141 cm³/mol. The molecule has 4 rings (SSSR count). The zero-order valence-corrected chi connectivity index (χ0v) is 22.1. The number of hydrogen-bond acceptors (Lipinski definition) is 8. The van der Waals surface area contributed by atoms with E-state index in [4.69, 9.17) is 15.2 Å². The maximum absolute atomic E-state index is 14.4. The molecule has 1 aromatic carbocycles. The Bertz CT molecular complexity index is 1410. The molecule has 38 heavy (non-hydrogen) atoms. The molecule has 2 heterocycles. The van der Waals surface area contributed by atoms with E-state index in [2.05, 4.69) is 9.97 Å². The normalized spacial score (nSPS) is 13.7. The molecule has 0 spiro atoms. The van der Waals surface area contributed by atoms with Crippen molar-refractivity contribution >= 4 is 21.7 Å². The van der Waals surface area contributed by atoms with Crippen LogP contribution in [0.25, 0.3) is 11.3 Å². The third-order valence-electron chi connectivity index (χ3n) is 6.09. The summed E-state index contributed by atoms with van der Waals surface area (Å²) in [5.74, 6) is -0.334. The minimum absolute atomic E-state index is 0.00167. The van der Waals surface area contributed by atoms with Crippen molar-refractivity contribution in [3.63, 3.8) is 0 Å². The fourth-order valence-electron chi connectivity index (χ4n) is 3.85. The van der Waals surface area contributed by atoms with E-state index in [1.807, 2.05) is 18.6 Å². The van der Waals surface area contributed by atoms with Gasteiger partial charge in [0.25, 0.3) is 15.9 Å². The highest BCUT2D eigenvalue weighted by atomic mass is 32.2. The Morgan fingerprint density at radius 2 is 1.92 bits per heavy atom. The second-order valence-electron chi connectivity index (χ2n) is 9.70. The lowest BCUT2D eigenvalue weighted by Gasteiger charge is -2.25. The predicted octanol–water partition coefficient (Wildman–Crippen LogP) is 4.59. The van der Waals surface area contributed by atoms with Crippen LogP contribution < -0.4 is 19.9 Å². The van der Waals surface area contributed by atoms with Crippen molar-refractivity contribution in [2.75, 3.05) is 18.9 Å². The number of nitrogens with one attached hydrogen (secondary N) is 1. The maximum Gasteiger partial charge on any atom is 0.281 e. The van der Waals surface area contributed by atoms with Gasteiger partial charge in [0.2, 0.25) is 5.88 Å². The van der Waals surface area contributed by atoms with Crippen LogP contribution in [0.2, 0.25) is 0 Å². The molecule has 0 atom stereocenters. The lowest BCUT2D eigenvalue weighted by molar-refractivity contribution is 0.0975. The number of amides is 1. The molecule has 1 aliphatic carbocycles. The first-order valence-corrected chi connectivity index (χ1v) is 14.0. The van der Waals surface area contributed by atoms with Gasteiger partial charge in [0.05, 0.1) is 18.9 Å². The fourth-order valence-corrected chi connectivity index (χ4v) is 4.80. The minimum atomic E-state index is -4.30. The molecule has 1 saturated carbocycles. The number of pyridine rings is 2. The van der Waals surface area contributed by atoms with Crippen LogP contribution >= 0.6 is 0 Å². The summed E-state index contributed by atoms with van der Waals surface area (Å²) in [7, 11) is -4.30. The summed E-state index contributed by atoms with van der Waals surface area (Å²) < 4.78 is 53.4. The average molecular weight is 543 g/mol. The fraction of sp³-hybridized carbons (Fsp3) is 0.370. The lowest BCUT2D eigenvalue weighted by Crippen LogP contribution is -2.32. The molecule has 0 saturated heterocycles. The molecular formula is C27H31FN4O5S. The number of halogens is 1. The number of nitrogen functional groups attached to an aromatic ring is 1. The summed E-state index contributed by atoms with van der Waals surface area (Å²) in [6.07, 6.45) is 4.21. The third-order valence-corrected chi connectivity index (χ3v) is 7.32. The molecule has 0 aliphatic heterocycles. The van der Waals surface area contributed by atoms with Crippen molar-refractivity contribution in [3.05, 3.63) is 59.9 Å². The SMILES string of the molecule is CC(C)COc1cc(F)cc(-c2ccc(C(=O)NS(=O)(=O)c3cccc(N)n3)c(OCCC3CCC3)n2)c1. The van der Waals surface area contributed by atoms with Gasteiger partial charge in [0, 0.05) is 11.6 Å². The van der Waals surface area contributed by atoms with Crippen LogP contribution in [0.5, 0.6) is 11.6 Å². The Hall–Kier alpha value is -3.73. The smallest absolute Gasteiger partial charge is 0.281 e. The highest BCUT2D eigenvalue weighted by Gasteiger charge is 2.25. The van der Waals surface area contributed by atoms with Gasteiger partial charge >= 0.3 is 0 Å². The summed E-state index contributed by atoms with van der Waals surface area (Å²) >= 11 is 0. The van der Waals surface area contributed by atoms with E-state index in [9.17, 15) is 17.6 Å². The van der Waals surface area contributed by atoms with Crippen LogP contribution in [0.1, 0.15) is 49.9 Å². The molecule has 9 nitrogen and oxygen atoms in total. The second-order valence-corrected chi connectivity index (χ2v) is 11.3. The van der Waals surface area contributed by atoms with Crippen LogP contribution in [0, 0.1) is 17.7 Å².